The maximum absolute atomic E-state index is 12.3. The van der Waals surface area contributed by atoms with E-state index in [2.05, 4.69) is 15.1 Å². The van der Waals surface area contributed by atoms with Gasteiger partial charge in [0.1, 0.15) is 6.04 Å². The van der Waals surface area contributed by atoms with Crippen molar-refractivity contribution in [3.05, 3.63) is 65.3 Å². The highest BCUT2D eigenvalue weighted by molar-refractivity contribution is 6.30. The molecule has 1 unspecified atom stereocenters. The fourth-order valence-electron chi connectivity index (χ4n) is 3.00. The Balaban J connectivity index is 1.59. The van der Waals surface area contributed by atoms with Crippen molar-refractivity contribution >= 4 is 17.5 Å². The van der Waals surface area contributed by atoms with Crippen LogP contribution in [0.1, 0.15) is 30.3 Å². The highest BCUT2D eigenvalue weighted by Crippen LogP contribution is 2.34. The lowest BCUT2D eigenvalue weighted by atomic mass is 10.2. The normalized spacial score (nSPS) is 17.2. The Kier molecular flexibility index (Phi) is 4.19. The van der Waals surface area contributed by atoms with Crippen LogP contribution in [0.25, 0.3) is 11.4 Å². The molecule has 4 rings (SSSR count). The van der Waals surface area contributed by atoms with E-state index in [1.54, 1.807) is 17.3 Å². The molecule has 0 spiro atoms. The van der Waals surface area contributed by atoms with Crippen LogP contribution in [-0.4, -0.2) is 25.9 Å². The van der Waals surface area contributed by atoms with Gasteiger partial charge in [0, 0.05) is 35.9 Å². The monoisotopic (exact) mass is 354 g/mol. The van der Waals surface area contributed by atoms with E-state index in [1.165, 1.54) is 0 Å². The van der Waals surface area contributed by atoms with Crippen LogP contribution in [0, 0.1) is 0 Å². The lowest BCUT2D eigenvalue weighted by Gasteiger charge is -2.22. The molecule has 3 heterocycles. The average Bonchev–Trinajstić information content (AvgIpc) is 3.24. The van der Waals surface area contributed by atoms with Gasteiger partial charge < -0.3 is 9.42 Å². The van der Waals surface area contributed by atoms with Gasteiger partial charge in [0.05, 0.1) is 0 Å². The zero-order chi connectivity index (χ0) is 17.2. The minimum atomic E-state index is -0.218. The standard InChI is InChI=1S/C18H15ClN4O2/c19-14-5-1-3-12(9-14)11-23-15(6-7-16(23)24)18-21-17(22-25-18)13-4-2-8-20-10-13/h1-5,8-10,15H,6-7,11H2. The second-order valence-electron chi connectivity index (χ2n) is 5.90. The second kappa shape index (κ2) is 6.64. The number of benzene rings is 1. The van der Waals surface area contributed by atoms with Gasteiger partial charge in [-0.3, -0.25) is 9.78 Å². The number of aromatic nitrogens is 3. The Bertz CT molecular complexity index is 897. The molecule has 0 saturated carbocycles. The minimum absolute atomic E-state index is 0.0751. The predicted molar refractivity (Wildman–Crippen MR) is 91.5 cm³/mol. The molecule has 6 nitrogen and oxygen atoms in total. The zero-order valence-electron chi connectivity index (χ0n) is 13.3. The van der Waals surface area contributed by atoms with Crippen molar-refractivity contribution < 1.29 is 9.32 Å². The fourth-order valence-corrected chi connectivity index (χ4v) is 3.22. The summed E-state index contributed by atoms with van der Waals surface area (Å²) in [5.74, 6) is 1.00. The van der Waals surface area contributed by atoms with Gasteiger partial charge in [0.15, 0.2) is 0 Å². The topological polar surface area (TPSA) is 72.1 Å². The van der Waals surface area contributed by atoms with Gasteiger partial charge in [-0.25, -0.2) is 0 Å². The van der Waals surface area contributed by atoms with Crippen LogP contribution in [-0.2, 0) is 11.3 Å². The molecular formula is C18H15ClN4O2. The van der Waals surface area contributed by atoms with Crippen molar-refractivity contribution in [3.63, 3.8) is 0 Å². The Morgan fingerprint density at radius 1 is 1.28 bits per heavy atom. The minimum Gasteiger partial charge on any atom is -0.337 e. The molecule has 1 fully saturated rings. The van der Waals surface area contributed by atoms with Crippen molar-refractivity contribution in [3.8, 4) is 11.4 Å². The fraction of sp³-hybridized carbons (Fsp3) is 0.222. The van der Waals surface area contributed by atoms with Crippen LogP contribution in [0.2, 0.25) is 5.02 Å². The molecule has 1 aliphatic rings. The number of rotatable bonds is 4. The van der Waals surface area contributed by atoms with E-state index in [0.29, 0.717) is 36.1 Å². The third kappa shape index (κ3) is 3.25. The van der Waals surface area contributed by atoms with Gasteiger partial charge in [0.25, 0.3) is 0 Å². The van der Waals surface area contributed by atoms with Crippen LogP contribution in [0.3, 0.4) is 0 Å². The molecule has 25 heavy (non-hydrogen) atoms. The number of amides is 1. The number of likely N-dealkylation sites (tertiary alicyclic amines) is 1. The molecule has 1 aliphatic heterocycles. The molecule has 126 valence electrons. The molecule has 1 aromatic carbocycles. The molecular weight excluding hydrogens is 340 g/mol. The summed E-state index contributed by atoms with van der Waals surface area (Å²) in [6.45, 7) is 0.467. The van der Waals surface area contributed by atoms with Crippen molar-refractivity contribution in [1.82, 2.24) is 20.0 Å². The first-order chi connectivity index (χ1) is 12.2. The average molecular weight is 355 g/mol. The summed E-state index contributed by atoms with van der Waals surface area (Å²) in [6.07, 6.45) is 4.49. The number of halogens is 1. The van der Waals surface area contributed by atoms with Crippen molar-refractivity contribution in [1.29, 1.82) is 0 Å². The van der Waals surface area contributed by atoms with Gasteiger partial charge in [-0.15, -0.1) is 0 Å². The van der Waals surface area contributed by atoms with Crippen LogP contribution >= 0.6 is 11.6 Å². The summed E-state index contributed by atoms with van der Waals surface area (Å²) in [4.78, 5) is 22.6. The maximum atomic E-state index is 12.3. The van der Waals surface area contributed by atoms with Gasteiger partial charge in [-0.05, 0) is 36.2 Å². The number of carbonyl (C=O) groups excluding carboxylic acids is 1. The van der Waals surface area contributed by atoms with Crippen LogP contribution in [0.15, 0.2) is 53.3 Å². The molecule has 3 aromatic rings. The van der Waals surface area contributed by atoms with Gasteiger partial charge in [-0.1, -0.05) is 28.9 Å². The quantitative estimate of drug-likeness (QED) is 0.715. The lowest BCUT2D eigenvalue weighted by molar-refractivity contribution is -0.129. The first-order valence-electron chi connectivity index (χ1n) is 7.98. The number of pyridine rings is 1. The van der Waals surface area contributed by atoms with E-state index in [9.17, 15) is 4.79 Å². The molecule has 2 aromatic heterocycles. The zero-order valence-corrected chi connectivity index (χ0v) is 14.1. The number of nitrogens with zero attached hydrogens (tertiary/aromatic N) is 4. The van der Waals surface area contributed by atoms with Crippen LogP contribution < -0.4 is 0 Å². The van der Waals surface area contributed by atoms with E-state index in [4.69, 9.17) is 16.1 Å². The van der Waals surface area contributed by atoms with E-state index < -0.39 is 0 Å². The summed E-state index contributed by atoms with van der Waals surface area (Å²) >= 11 is 6.04. The smallest absolute Gasteiger partial charge is 0.249 e. The van der Waals surface area contributed by atoms with Crippen molar-refractivity contribution in [2.75, 3.05) is 0 Å². The molecule has 1 saturated heterocycles. The predicted octanol–water partition coefficient (Wildman–Crippen LogP) is 3.65. The first kappa shape index (κ1) is 15.8. The van der Waals surface area contributed by atoms with Crippen LogP contribution in [0.5, 0.6) is 0 Å². The van der Waals surface area contributed by atoms with Gasteiger partial charge in [0.2, 0.25) is 17.6 Å². The van der Waals surface area contributed by atoms with E-state index in [-0.39, 0.29) is 11.9 Å². The Morgan fingerprint density at radius 3 is 3.00 bits per heavy atom. The number of hydrogen-bond acceptors (Lipinski definition) is 5. The largest absolute Gasteiger partial charge is 0.337 e. The van der Waals surface area contributed by atoms with Crippen molar-refractivity contribution in [2.45, 2.75) is 25.4 Å². The number of hydrogen-bond donors (Lipinski definition) is 0. The third-order valence-electron chi connectivity index (χ3n) is 4.22. The van der Waals surface area contributed by atoms with Gasteiger partial charge in [-0.2, -0.15) is 4.98 Å². The number of carbonyl (C=O) groups is 1. The third-order valence-corrected chi connectivity index (χ3v) is 4.45. The lowest BCUT2D eigenvalue weighted by Crippen LogP contribution is -2.27. The van der Waals surface area contributed by atoms with E-state index >= 15 is 0 Å². The molecule has 1 atom stereocenters. The molecule has 0 N–H and O–H groups in total. The Labute approximate surface area is 149 Å². The summed E-state index contributed by atoms with van der Waals surface area (Å²) in [5, 5.41) is 4.68. The molecule has 0 bridgehead atoms. The molecule has 0 aliphatic carbocycles. The van der Waals surface area contributed by atoms with Gasteiger partial charge >= 0.3 is 0 Å². The van der Waals surface area contributed by atoms with E-state index in [1.807, 2.05) is 36.4 Å². The maximum Gasteiger partial charge on any atom is 0.249 e. The highest BCUT2D eigenvalue weighted by Gasteiger charge is 2.36. The summed E-state index contributed by atoms with van der Waals surface area (Å²) < 4.78 is 5.43. The SMILES string of the molecule is O=C1CCC(c2nc(-c3cccnc3)no2)N1Cc1cccc(Cl)c1. The summed E-state index contributed by atoms with van der Waals surface area (Å²) in [6, 6.07) is 11.0. The highest BCUT2D eigenvalue weighted by atomic mass is 35.5. The first-order valence-corrected chi connectivity index (χ1v) is 8.36. The Hall–Kier alpha value is -2.73. The molecule has 1 amide bonds. The van der Waals surface area contributed by atoms with E-state index in [0.717, 1.165) is 11.1 Å². The summed E-state index contributed by atoms with van der Waals surface area (Å²) in [7, 11) is 0. The second-order valence-corrected chi connectivity index (χ2v) is 6.34. The van der Waals surface area contributed by atoms with Crippen molar-refractivity contribution in [2.24, 2.45) is 0 Å². The Morgan fingerprint density at radius 2 is 2.20 bits per heavy atom. The van der Waals surface area contributed by atoms with Crippen LogP contribution in [0.4, 0.5) is 0 Å². The molecule has 0 radical (unpaired) electrons. The molecule has 7 heteroatoms. The summed E-state index contributed by atoms with van der Waals surface area (Å²) in [5.41, 5.74) is 1.75.